The topological polar surface area (TPSA) is 63.7 Å². The van der Waals surface area contributed by atoms with Crippen molar-refractivity contribution in [2.24, 2.45) is 29.6 Å². The minimum absolute atomic E-state index is 0.171. The molecule has 2 atom stereocenters. The van der Waals surface area contributed by atoms with Gasteiger partial charge in [-0.05, 0) is 130 Å². The highest BCUT2D eigenvalue weighted by Crippen LogP contribution is 2.45. The van der Waals surface area contributed by atoms with Gasteiger partial charge in [0.2, 0.25) is 11.8 Å². The molecule has 0 radical (unpaired) electrons. The second kappa shape index (κ2) is 14.8. The van der Waals surface area contributed by atoms with Gasteiger partial charge in [0.25, 0.3) is 0 Å². The second-order valence-corrected chi connectivity index (χ2v) is 14.4. The fourth-order valence-electron chi connectivity index (χ4n) is 8.54. The van der Waals surface area contributed by atoms with E-state index in [1.54, 1.807) is 31.2 Å². The molecule has 1 saturated heterocycles. The van der Waals surface area contributed by atoms with Gasteiger partial charge in [0.05, 0.1) is 17.5 Å². The van der Waals surface area contributed by atoms with Crippen molar-refractivity contribution in [3.63, 3.8) is 0 Å². The maximum atomic E-state index is 12.9. The van der Waals surface area contributed by atoms with Crippen LogP contribution in [0.1, 0.15) is 107 Å². The number of rotatable bonds is 9. The highest BCUT2D eigenvalue weighted by atomic mass is 19.4. The van der Waals surface area contributed by atoms with Crippen molar-refractivity contribution in [1.29, 1.82) is 0 Å². The van der Waals surface area contributed by atoms with Crippen molar-refractivity contribution in [3.8, 4) is 5.75 Å². The van der Waals surface area contributed by atoms with Crippen LogP contribution in [0.15, 0.2) is 66.3 Å². The number of amides is 2. The molecule has 3 aliphatic carbocycles. The van der Waals surface area contributed by atoms with Crippen molar-refractivity contribution in [1.82, 2.24) is 0 Å². The lowest BCUT2D eigenvalue weighted by Gasteiger charge is -2.38. The number of anilines is 1. The Labute approximate surface area is 281 Å². The van der Waals surface area contributed by atoms with E-state index >= 15 is 0 Å². The molecule has 2 unspecified atom stereocenters. The van der Waals surface area contributed by atoms with Gasteiger partial charge in [-0.1, -0.05) is 55.7 Å². The SMILES string of the molecule is C/C(=C\c1ccc(C2CCC(C3CCC(CCCC(F)(F)F)CC3)CC2)cc1)C(=O)Oc1ccc(N2C(=O)C3CC=CCC3C2=O)cc1. The van der Waals surface area contributed by atoms with E-state index in [1.165, 1.54) is 36.1 Å². The van der Waals surface area contributed by atoms with E-state index in [1.807, 2.05) is 30.4 Å². The van der Waals surface area contributed by atoms with E-state index in [2.05, 4.69) is 12.1 Å². The predicted octanol–water partition coefficient (Wildman–Crippen LogP) is 9.96. The number of hydrogen-bond donors (Lipinski definition) is 0. The van der Waals surface area contributed by atoms with Crippen LogP contribution in [0.3, 0.4) is 0 Å². The predicted molar refractivity (Wildman–Crippen MR) is 180 cm³/mol. The number of benzene rings is 2. The first-order valence-corrected chi connectivity index (χ1v) is 17.8. The maximum absolute atomic E-state index is 12.9. The smallest absolute Gasteiger partial charge is 0.389 e. The molecular formula is C40H46F3NO4. The molecular weight excluding hydrogens is 615 g/mol. The van der Waals surface area contributed by atoms with Gasteiger partial charge < -0.3 is 4.74 Å². The molecule has 0 bridgehead atoms. The van der Waals surface area contributed by atoms with E-state index in [0.717, 1.165) is 43.1 Å². The molecule has 4 aliphatic rings. The summed E-state index contributed by atoms with van der Waals surface area (Å²) in [5.41, 5.74) is 3.20. The fraction of sp³-hybridized carbons (Fsp3) is 0.525. The maximum Gasteiger partial charge on any atom is 0.389 e. The Kier molecular flexibility index (Phi) is 10.6. The molecule has 1 heterocycles. The van der Waals surface area contributed by atoms with Crippen LogP contribution in [0.2, 0.25) is 0 Å². The van der Waals surface area contributed by atoms with Gasteiger partial charge in [0, 0.05) is 12.0 Å². The highest BCUT2D eigenvalue weighted by Gasteiger charge is 2.47. The Morgan fingerprint density at radius 1 is 0.812 bits per heavy atom. The van der Waals surface area contributed by atoms with Crippen LogP contribution in [-0.4, -0.2) is 24.0 Å². The minimum Gasteiger partial charge on any atom is -0.423 e. The first-order valence-electron chi connectivity index (χ1n) is 17.8. The molecule has 6 rings (SSSR count). The fourth-order valence-corrected chi connectivity index (χ4v) is 8.54. The summed E-state index contributed by atoms with van der Waals surface area (Å²) in [6.07, 6.45) is 12.5. The third-order valence-electron chi connectivity index (χ3n) is 11.3. The van der Waals surface area contributed by atoms with Gasteiger partial charge in [0.1, 0.15) is 5.75 Å². The van der Waals surface area contributed by atoms with Crippen LogP contribution in [0.5, 0.6) is 5.75 Å². The number of hydrogen-bond acceptors (Lipinski definition) is 4. The van der Waals surface area contributed by atoms with Gasteiger partial charge in [0.15, 0.2) is 0 Å². The Morgan fingerprint density at radius 2 is 1.38 bits per heavy atom. The van der Waals surface area contributed by atoms with Crippen molar-refractivity contribution < 1.29 is 32.3 Å². The van der Waals surface area contributed by atoms with Crippen molar-refractivity contribution >= 4 is 29.5 Å². The van der Waals surface area contributed by atoms with Crippen LogP contribution in [0.4, 0.5) is 18.9 Å². The number of nitrogens with zero attached hydrogens (tertiary/aromatic N) is 1. The van der Waals surface area contributed by atoms with Gasteiger partial charge in [-0.3, -0.25) is 14.5 Å². The summed E-state index contributed by atoms with van der Waals surface area (Å²) in [6.45, 7) is 1.72. The molecule has 256 valence electrons. The Hall–Kier alpha value is -3.68. The normalized spacial score (nSPS) is 28.0. The molecule has 0 spiro atoms. The largest absolute Gasteiger partial charge is 0.423 e. The average molecular weight is 662 g/mol. The van der Waals surface area contributed by atoms with E-state index in [0.29, 0.717) is 48.1 Å². The van der Waals surface area contributed by atoms with Crippen LogP contribution in [0, 0.1) is 29.6 Å². The third kappa shape index (κ3) is 8.12. The Bertz CT molecular complexity index is 1480. The molecule has 1 aliphatic heterocycles. The van der Waals surface area contributed by atoms with Crippen molar-refractivity contribution in [2.45, 2.75) is 102 Å². The van der Waals surface area contributed by atoms with E-state index < -0.39 is 18.6 Å². The molecule has 3 fully saturated rings. The molecule has 2 saturated carbocycles. The van der Waals surface area contributed by atoms with Crippen LogP contribution in [0.25, 0.3) is 6.08 Å². The van der Waals surface area contributed by atoms with Crippen molar-refractivity contribution in [2.75, 3.05) is 4.90 Å². The molecule has 0 aromatic heterocycles. The van der Waals surface area contributed by atoms with E-state index in [9.17, 15) is 27.6 Å². The minimum atomic E-state index is -4.03. The Balaban J connectivity index is 0.950. The molecule has 5 nitrogen and oxygen atoms in total. The highest BCUT2D eigenvalue weighted by molar-refractivity contribution is 6.22. The quantitative estimate of drug-likeness (QED) is 0.0882. The first-order chi connectivity index (χ1) is 23.1. The summed E-state index contributed by atoms with van der Waals surface area (Å²) >= 11 is 0. The lowest BCUT2D eigenvalue weighted by Crippen LogP contribution is -2.30. The van der Waals surface area contributed by atoms with Crippen LogP contribution < -0.4 is 9.64 Å². The van der Waals surface area contributed by atoms with Crippen molar-refractivity contribution in [3.05, 3.63) is 77.4 Å². The molecule has 0 N–H and O–H groups in total. The number of alkyl halides is 3. The monoisotopic (exact) mass is 661 g/mol. The second-order valence-electron chi connectivity index (χ2n) is 14.4. The van der Waals surface area contributed by atoms with Gasteiger partial charge in [-0.25, -0.2) is 4.79 Å². The summed E-state index contributed by atoms with van der Waals surface area (Å²) in [5, 5.41) is 0. The molecule has 2 aromatic rings. The van der Waals surface area contributed by atoms with Crippen LogP contribution >= 0.6 is 0 Å². The lowest BCUT2D eigenvalue weighted by atomic mass is 9.68. The molecule has 48 heavy (non-hydrogen) atoms. The number of esters is 1. The third-order valence-corrected chi connectivity index (χ3v) is 11.3. The standard InChI is InChI=1S/C40H46F3NO4/c1-26(39(47)48-34-22-20-33(21-23-34)44-37(45)35-6-2-3-7-36(35)38(44)46)25-28-10-14-30(15-11-28)32-18-16-31(17-19-32)29-12-8-27(9-13-29)5-4-24-40(41,42)43/h2-3,10-11,14-15,20-23,25,27,29,31-32,35-36H,4-9,12-13,16-19,24H2,1H3/b26-25+. The summed E-state index contributed by atoms with van der Waals surface area (Å²) in [7, 11) is 0. The zero-order valence-electron chi connectivity index (χ0n) is 27.7. The summed E-state index contributed by atoms with van der Waals surface area (Å²) in [4.78, 5) is 39.9. The first kappa shape index (κ1) is 34.2. The average Bonchev–Trinajstić information content (AvgIpc) is 3.34. The number of imide groups is 1. The van der Waals surface area contributed by atoms with E-state index in [4.69, 9.17) is 4.74 Å². The van der Waals surface area contributed by atoms with E-state index in [-0.39, 0.29) is 30.1 Å². The van der Waals surface area contributed by atoms with Gasteiger partial charge >= 0.3 is 12.1 Å². The van der Waals surface area contributed by atoms with Gasteiger partial charge in [-0.15, -0.1) is 0 Å². The number of fused-ring (bicyclic) bond motifs is 1. The molecule has 2 amide bonds. The van der Waals surface area contributed by atoms with Crippen LogP contribution in [-0.2, 0) is 14.4 Å². The molecule has 2 aromatic carbocycles. The number of halogens is 3. The number of allylic oxidation sites excluding steroid dienone is 2. The summed E-state index contributed by atoms with van der Waals surface area (Å²) in [5.74, 6) is 1.39. The zero-order valence-corrected chi connectivity index (χ0v) is 27.7. The number of carbonyl (C=O) groups excluding carboxylic acids is 3. The summed E-state index contributed by atoms with van der Waals surface area (Å²) < 4.78 is 43.1. The summed E-state index contributed by atoms with van der Waals surface area (Å²) in [6, 6.07) is 14.9. The molecule has 8 heteroatoms. The zero-order chi connectivity index (χ0) is 33.8. The van der Waals surface area contributed by atoms with Gasteiger partial charge in [-0.2, -0.15) is 13.2 Å². The number of ether oxygens (including phenoxy) is 1. The lowest BCUT2D eigenvalue weighted by molar-refractivity contribution is -0.136. The Morgan fingerprint density at radius 3 is 1.94 bits per heavy atom. The number of carbonyl (C=O) groups is 3.